The fourth-order valence-corrected chi connectivity index (χ4v) is 5.07. The van der Waals surface area contributed by atoms with Crippen LogP contribution in [0.4, 0.5) is 5.69 Å². The van der Waals surface area contributed by atoms with Gasteiger partial charge in [0.1, 0.15) is 0 Å². The lowest BCUT2D eigenvalue weighted by molar-refractivity contribution is -0.116. The lowest BCUT2D eigenvalue weighted by atomic mass is 10.1. The van der Waals surface area contributed by atoms with Crippen LogP contribution in [-0.4, -0.2) is 10.9 Å². The minimum Gasteiger partial charge on any atom is -0.326 e. The van der Waals surface area contributed by atoms with Crippen LogP contribution in [0.2, 0.25) is 0 Å². The maximum Gasteiger partial charge on any atom is 0.224 e. The minimum absolute atomic E-state index is 0.0793. The summed E-state index contributed by atoms with van der Waals surface area (Å²) in [7, 11) is 0. The summed E-state index contributed by atoms with van der Waals surface area (Å²) in [6.07, 6.45) is 2.39. The number of nitrogens with zero attached hydrogens (tertiary/aromatic N) is 1. The van der Waals surface area contributed by atoms with Crippen molar-refractivity contribution in [1.29, 1.82) is 0 Å². The van der Waals surface area contributed by atoms with Crippen molar-refractivity contribution in [3.63, 3.8) is 0 Å². The predicted octanol–water partition coefficient (Wildman–Crippen LogP) is 5.93. The van der Waals surface area contributed by atoms with Gasteiger partial charge in [0.15, 0.2) is 4.34 Å². The van der Waals surface area contributed by atoms with Crippen LogP contribution in [0.1, 0.15) is 29.0 Å². The van der Waals surface area contributed by atoms with Gasteiger partial charge >= 0.3 is 0 Å². The summed E-state index contributed by atoms with van der Waals surface area (Å²) in [6, 6.07) is 10.3. The lowest BCUT2D eigenvalue weighted by Crippen LogP contribution is -2.12. The highest BCUT2D eigenvalue weighted by Crippen LogP contribution is 2.32. The van der Waals surface area contributed by atoms with Crippen molar-refractivity contribution in [2.45, 2.75) is 42.3 Å². The predicted molar refractivity (Wildman–Crippen MR) is 108 cm³/mol. The number of carbonyl (C=O) groups excluding carboxylic acids is 1. The molecule has 0 atom stereocenters. The Morgan fingerprint density at radius 1 is 1.24 bits per heavy atom. The van der Waals surface area contributed by atoms with E-state index in [1.54, 1.807) is 34.4 Å². The number of thiazole rings is 1. The van der Waals surface area contributed by atoms with Crippen LogP contribution in [0.3, 0.4) is 0 Å². The summed E-state index contributed by atoms with van der Waals surface area (Å²) < 4.78 is 1.04. The third-order valence-electron chi connectivity index (χ3n) is 3.68. The molecule has 25 heavy (non-hydrogen) atoms. The molecule has 3 aromatic rings. The summed E-state index contributed by atoms with van der Waals surface area (Å²) in [4.78, 5) is 19.1. The average Bonchev–Trinajstić information content (AvgIpc) is 3.22. The molecular weight excluding hydrogens is 368 g/mol. The molecule has 0 aliphatic rings. The zero-order valence-corrected chi connectivity index (χ0v) is 16.7. The topological polar surface area (TPSA) is 42.0 Å². The van der Waals surface area contributed by atoms with Crippen molar-refractivity contribution in [3.05, 3.63) is 57.2 Å². The first-order chi connectivity index (χ1) is 12.1. The number of hydrogen-bond donors (Lipinski definition) is 1. The van der Waals surface area contributed by atoms with Crippen LogP contribution in [0.15, 0.2) is 50.3 Å². The second kappa shape index (κ2) is 8.65. The molecule has 0 bridgehead atoms. The van der Waals surface area contributed by atoms with Crippen LogP contribution < -0.4 is 5.32 Å². The van der Waals surface area contributed by atoms with E-state index in [2.05, 4.69) is 39.3 Å². The summed E-state index contributed by atoms with van der Waals surface area (Å²) in [6.45, 7) is 4.03. The van der Waals surface area contributed by atoms with E-state index in [-0.39, 0.29) is 5.91 Å². The maximum absolute atomic E-state index is 12.2. The van der Waals surface area contributed by atoms with Gasteiger partial charge in [-0.05, 0) is 61.9 Å². The van der Waals surface area contributed by atoms with Gasteiger partial charge in [0, 0.05) is 33.0 Å². The fraction of sp³-hybridized carbons (Fsp3) is 0.263. The number of aryl methyl sites for hydroxylation is 3. The van der Waals surface area contributed by atoms with Crippen molar-refractivity contribution >= 4 is 46.0 Å². The maximum atomic E-state index is 12.2. The van der Waals surface area contributed by atoms with E-state index in [0.29, 0.717) is 6.42 Å². The van der Waals surface area contributed by atoms with E-state index in [9.17, 15) is 4.79 Å². The molecule has 1 amide bonds. The normalized spacial score (nSPS) is 10.8. The molecule has 0 saturated heterocycles. The number of aromatic nitrogens is 1. The third-order valence-corrected chi connectivity index (χ3v) is 6.66. The summed E-state index contributed by atoms with van der Waals surface area (Å²) >= 11 is 5.06. The number of benzene rings is 1. The minimum atomic E-state index is 0.0793. The van der Waals surface area contributed by atoms with E-state index >= 15 is 0 Å². The van der Waals surface area contributed by atoms with Gasteiger partial charge in [0.05, 0.1) is 0 Å². The van der Waals surface area contributed by atoms with Crippen LogP contribution in [-0.2, 0) is 11.2 Å². The second-order valence-corrected chi connectivity index (χ2v) is 9.03. The highest BCUT2D eigenvalue weighted by molar-refractivity contribution is 8.01. The molecule has 0 spiro atoms. The Labute approximate surface area is 160 Å². The molecule has 6 heteroatoms. The first kappa shape index (κ1) is 18.2. The van der Waals surface area contributed by atoms with Crippen molar-refractivity contribution in [2.24, 2.45) is 0 Å². The number of rotatable bonds is 7. The lowest BCUT2D eigenvalue weighted by Gasteiger charge is -2.09. The second-order valence-electron chi connectivity index (χ2n) is 5.81. The molecular formula is C19H20N2OS3. The van der Waals surface area contributed by atoms with E-state index in [1.807, 2.05) is 26.0 Å². The van der Waals surface area contributed by atoms with Crippen molar-refractivity contribution in [2.75, 3.05) is 5.32 Å². The highest BCUT2D eigenvalue weighted by atomic mass is 32.2. The van der Waals surface area contributed by atoms with Crippen molar-refractivity contribution in [3.8, 4) is 0 Å². The molecule has 3 rings (SSSR count). The summed E-state index contributed by atoms with van der Waals surface area (Å²) in [5.74, 6) is 0.0793. The van der Waals surface area contributed by atoms with Crippen LogP contribution >= 0.6 is 34.4 Å². The van der Waals surface area contributed by atoms with Crippen LogP contribution in [0.25, 0.3) is 0 Å². The Hall–Kier alpha value is -1.63. The molecule has 0 unspecified atom stereocenters. The van der Waals surface area contributed by atoms with Crippen molar-refractivity contribution in [1.82, 2.24) is 4.98 Å². The third kappa shape index (κ3) is 5.42. The van der Waals surface area contributed by atoms with E-state index in [1.165, 1.54) is 4.88 Å². The molecule has 1 aromatic carbocycles. The van der Waals surface area contributed by atoms with Crippen LogP contribution in [0.5, 0.6) is 0 Å². The van der Waals surface area contributed by atoms with Gasteiger partial charge in [0.2, 0.25) is 5.91 Å². The molecule has 0 saturated carbocycles. The van der Waals surface area contributed by atoms with Gasteiger partial charge < -0.3 is 5.32 Å². The zero-order chi connectivity index (χ0) is 17.6. The molecule has 2 heterocycles. The van der Waals surface area contributed by atoms with Gasteiger partial charge in [-0.3, -0.25) is 4.79 Å². The average molecular weight is 389 g/mol. The van der Waals surface area contributed by atoms with E-state index in [4.69, 9.17) is 0 Å². The zero-order valence-electron chi connectivity index (χ0n) is 14.2. The molecule has 3 nitrogen and oxygen atoms in total. The molecule has 0 aliphatic heterocycles. The number of anilines is 1. The van der Waals surface area contributed by atoms with Gasteiger partial charge in [-0.2, -0.15) is 0 Å². The van der Waals surface area contributed by atoms with Gasteiger partial charge in [-0.15, -0.1) is 22.7 Å². The number of thiophene rings is 1. The number of nitrogens with one attached hydrogen (secondary N) is 1. The summed E-state index contributed by atoms with van der Waals surface area (Å²) in [5, 5.41) is 7.16. The van der Waals surface area contributed by atoms with Gasteiger partial charge in [-0.25, -0.2) is 4.98 Å². The van der Waals surface area contributed by atoms with Gasteiger partial charge in [0.25, 0.3) is 0 Å². The molecule has 2 aromatic heterocycles. The number of hydrogen-bond acceptors (Lipinski definition) is 5. The number of amides is 1. The standard InChI is InChI=1S/C19H20N2OS3/c1-13-11-16(25-19-20-14(2)12-24-19)8-9-17(13)21-18(22)7-3-5-15-6-4-10-23-15/h4,6,8-12H,3,5,7H2,1-2H3,(H,21,22). The van der Waals surface area contributed by atoms with E-state index < -0.39 is 0 Å². The quantitative estimate of drug-likeness (QED) is 0.545. The Kier molecular flexibility index (Phi) is 6.29. The largest absolute Gasteiger partial charge is 0.326 e. The van der Waals surface area contributed by atoms with Gasteiger partial charge in [-0.1, -0.05) is 17.8 Å². The van der Waals surface area contributed by atoms with E-state index in [0.717, 1.165) is 39.0 Å². The first-order valence-electron chi connectivity index (χ1n) is 8.13. The smallest absolute Gasteiger partial charge is 0.224 e. The molecule has 1 N–H and O–H groups in total. The molecule has 0 radical (unpaired) electrons. The summed E-state index contributed by atoms with van der Waals surface area (Å²) in [5.41, 5.74) is 3.02. The Morgan fingerprint density at radius 3 is 2.80 bits per heavy atom. The Balaban J connectivity index is 1.52. The highest BCUT2D eigenvalue weighted by Gasteiger charge is 2.08. The fourth-order valence-electron chi connectivity index (χ4n) is 2.41. The van der Waals surface area contributed by atoms with Crippen molar-refractivity contribution < 1.29 is 4.79 Å². The molecule has 0 aliphatic carbocycles. The first-order valence-corrected chi connectivity index (χ1v) is 10.7. The molecule has 0 fully saturated rings. The Bertz CT molecular complexity index is 840. The Morgan fingerprint density at radius 2 is 2.12 bits per heavy atom. The molecule has 130 valence electrons. The SMILES string of the molecule is Cc1csc(Sc2ccc(NC(=O)CCCc3cccs3)c(C)c2)n1. The van der Waals surface area contributed by atoms with Crippen LogP contribution in [0, 0.1) is 13.8 Å². The number of carbonyl (C=O) groups is 1. The monoisotopic (exact) mass is 388 g/mol.